The monoisotopic (exact) mass is 307 g/mol. The number of hydrogen-bond acceptors (Lipinski definition) is 4. The zero-order chi connectivity index (χ0) is 13.1. The molecular weight excluding hydrogens is 298 g/mol. The molecule has 0 spiro atoms. The first-order valence-corrected chi connectivity index (χ1v) is 5.95. The molecule has 0 saturated carbocycles. The number of halogens is 1. The van der Waals surface area contributed by atoms with Gasteiger partial charge in [-0.3, -0.25) is 0 Å². The summed E-state index contributed by atoms with van der Waals surface area (Å²) in [5.74, 6) is -0.663. The van der Waals surface area contributed by atoms with Gasteiger partial charge in [0, 0.05) is 10.7 Å². The van der Waals surface area contributed by atoms with Gasteiger partial charge in [0.2, 0.25) is 5.95 Å². The Labute approximate surface area is 112 Å². The van der Waals surface area contributed by atoms with Crippen LogP contribution in [0.5, 0.6) is 0 Å². The van der Waals surface area contributed by atoms with E-state index in [0.29, 0.717) is 11.6 Å². The van der Waals surface area contributed by atoms with E-state index in [4.69, 9.17) is 5.11 Å². The molecule has 1 heterocycles. The molecule has 2 aromatic rings. The lowest BCUT2D eigenvalue weighted by Crippen LogP contribution is -2.06. The molecule has 0 amide bonds. The lowest BCUT2D eigenvalue weighted by Gasteiger charge is -2.08. The van der Waals surface area contributed by atoms with Crippen LogP contribution in [-0.4, -0.2) is 21.0 Å². The summed E-state index contributed by atoms with van der Waals surface area (Å²) in [4.78, 5) is 18.9. The quantitative estimate of drug-likeness (QED) is 0.911. The van der Waals surface area contributed by atoms with Crippen LogP contribution in [0.1, 0.15) is 16.1 Å². The number of carboxylic acid groups (broad SMARTS) is 1. The number of aromatic nitrogens is 2. The number of aryl methyl sites for hydroxylation is 1. The van der Waals surface area contributed by atoms with Gasteiger partial charge in [0.15, 0.2) is 0 Å². The number of nitrogens with one attached hydrogen (secondary N) is 1. The molecule has 0 aliphatic rings. The van der Waals surface area contributed by atoms with Crippen molar-refractivity contribution in [3.8, 4) is 0 Å². The molecular formula is C12H10BrN3O2. The molecule has 5 nitrogen and oxygen atoms in total. The average molecular weight is 308 g/mol. The smallest absolute Gasteiger partial charge is 0.339 e. The summed E-state index contributed by atoms with van der Waals surface area (Å²) in [6.07, 6.45) is 1.30. The minimum Gasteiger partial charge on any atom is -0.478 e. The third-order valence-electron chi connectivity index (χ3n) is 2.33. The zero-order valence-corrected chi connectivity index (χ0v) is 11.1. The first kappa shape index (κ1) is 12.5. The van der Waals surface area contributed by atoms with Crippen molar-refractivity contribution in [1.82, 2.24) is 9.97 Å². The Bertz CT molecular complexity index is 602. The van der Waals surface area contributed by atoms with Crippen LogP contribution in [0, 0.1) is 6.92 Å². The third kappa shape index (κ3) is 2.65. The molecule has 92 valence electrons. The summed E-state index contributed by atoms with van der Waals surface area (Å²) in [7, 11) is 0. The molecule has 0 fully saturated rings. The molecule has 18 heavy (non-hydrogen) atoms. The van der Waals surface area contributed by atoms with E-state index < -0.39 is 5.97 Å². The van der Waals surface area contributed by atoms with Gasteiger partial charge in [0.05, 0.1) is 16.9 Å². The number of rotatable bonds is 3. The van der Waals surface area contributed by atoms with Crippen molar-refractivity contribution >= 4 is 33.5 Å². The number of anilines is 2. The number of benzene rings is 1. The average Bonchev–Trinajstić information content (AvgIpc) is 2.32. The van der Waals surface area contributed by atoms with Gasteiger partial charge in [-0.1, -0.05) is 12.1 Å². The third-order valence-corrected chi connectivity index (χ3v) is 3.02. The van der Waals surface area contributed by atoms with E-state index >= 15 is 0 Å². The lowest BCUT2D eigenvalue weighted by molar-refractivity contribution is 0.0695. The summed E-state index contributed by atoms with van der Waals surface area (Å²) < 4.78 is 0.883. The molecule has 0 atom stereocenters. The summed E-state index contributed by atoms with van der Waals surface area (Å²) in [5, 5.41) is 11.9. The van der Waals surface area contributed by atoms with Gasteiger partial charge >= 0.3 is 5.97 Å². The fraction of sp³-hybridized carbons (Fsp3) is 0.0833. The van der Waals surface area contributed by atoms with Crippen LogP contribution in [0.15, 0.2) is 34.9 Å². The van der Waals surface area contributed by atoms with E-state index in [9.17, 15) is 4.79 Å². The van der Waals surface area contributed by atoms with Crippen molar-refractivity contribution in [1.29, 1.82) is 0 Å². The fourth-order valence-corrected chi connectivity index (χ4v) is 1.80. The molecule has 1 aromatic heterocycles. The van der Waals surface area contributed by atoms with E-state index in [-0.39, 0.29) is 5.56 Å². The molecule has 0 radical (unpaired) electrons. The van der Waals surface area contributed by atoms with Gasteiger partial charge in [0.1, 0.15) is 0 Å². The van der Waals surface area contributed by atoms with Crippen LogP contribution in [-0.2, 0) is 0 Å². The zero-order valence-electron chi connectivity index (χ0n) is 9.51. The Morgan fingerprint density at radius 3 is 2.72 bits per heavy atom. The van der Waals surface area contributed by atoms with Crippen LogP contribution >= 0.6 is 15.9 Å². The Kier molecular flexibility index (Phi) is 3.57. The molecule has 6 heteroatoms. The molecule has 0 aliphatic heterocycles. The second kappa shape index (κ2) is 5.14. The molecule has 0 unspecified atom stereocenters. The fourth-order valence-electron chi connectivity index (χ4n) is 1.42. The van der Waals surface area contributed by atoms with Crippen molar-refractivity contribution in [2.45, 2.75) is 6.92 Å². The second-order valence-corrected chi connectivity index (χ2v) is 4.46. The van der Waals surface area contributed by atoms with Crippen LogP contribution in [0.3, 0.4) is 0 Å². The first-order chi connectivity index (χ1) is 8.58. The van der Waals surface area contributed by atoms with Crippen molar-refractivity contribution < 1.29 is 9.90 Å². The van der Waals surface area contributed by atoms with Crippen LogP contribution in [0.2, 0.25) is 0 Å². The Balaban J connectivity index is 2.29. The van der Waals surface area contributed by atoms with Gasteiger partial charge in [0.25, 0.3) is 0 Å². The summed E-state index contributed by atoms with van der Waals surface area (Å²) in [6, 6.07) is 7.54. The van der Waals surface area contributed by atoms with Crippen LogP contribution in [0.25, 0.3) is 0 Å². The highest BCUT2D eigenvalue weighted by atomic mass is 79.9. The van der Waals surface area contributed by atoms with E-state index in [1.165, 1.54) is 6.20 Å². The lowest BCUT2D eigenvalue weighted by atomic mass is 10.2. The highest BCUT2D eigenvalue weighted by Crippen LogP contribution is 2.23. The van der Waals surface area contributed by atoms with Crippen molar-refractivity contribution in [2.75, 3.05) is 5.32 Å². The van der Waals surface area contributed by atoms with Crippen molar-refractivity contribution in [3.05, 3.63) is 46.2 Å². The van der Waals surface area contributed by atoms with E-state index in [1.54, 1.807) is 6.92 Å². The van der Waals surface area contributed by atoms with E-state index in [1.807, 2.05) is 24.3 Å². The van der Waals surface area contributed by atoms with Gasteiger partial charge in [-0.2, -0.15) is 0 Å². The Morgan fingerprint density at radius 1 is 1.39 bits per heavy atom. The van der Waals surface area contributed by atoms with Gasteiger partial charge in [-0.15, -0.1) is 0 Å². The van der Waals surface area contributed by atoms with Crippen LogP contribution < -0.4 is 5.32 Å². The maximum absolute atomic E-state index is 10.8. The predicted octanol–water partition coefficient (Wildman–Crippen LogP) is 2.99. The number of aromatic carboxylic acids is 1. The number of hydrogen-bond donors (Lipinski definition) is 2. The van der Waals surface area contributed by atoms with Crippen LogP contribution in [0.4, 0.5) is 11.6 Å². The highest BCUT2D eigenvalue weighted by Gasteiger charge is 2.10. The Morgan fingerprint density at radius 2 is 2.11 bits per heavy atom. The molecule has 0 bridgehead atoms. The highest BCUT2D eigenvalue weighted by molar-refractivity contribution is 9.10. The predicted molar refractivity (Wildman–Crippen MR) is 71.2 cm³/mol. The molecule has 0 saturated heterocycles. The van der Waals surface area contributed by atoms with Gasteiger partial charge < -0.3 is 10.4 Å². The number of nitrogens with zero attached hydrogens (tertiary/aromatic N) is 2. The summed E-state index contributed by atoms with van der Waals surface area (Å²) in [6.45, 7) is 1.64. The molecule has 2 N–H and O–H groups in total. The molecule has 2 rings (SSSR count). The van der Waals surface area contributed by atoms with E-state index in [2.05, 4.69) is 31.2 Å². The Hall–Kier alpha value is -1.95. The molecule has 1 aromatic carbocycles. The summed E-state index contributed by atoms with van der Waals surface area (Å²) in [5.41, 5.74) is 1.35. The minimum absolute atomic E-state index is 0.104. The molecule has 0 aliphatic carbocycles. The van der Waals surface area contributed by atoms with Gasteiger partial charge in [-0.25, -0.2) is 14.8 Å². The van der Waals surface area contributed by atoms with Gasteiger partial charge in [-0.05, 0) is 35.0 Å². The first-order valence-electron chi connectivity index (χ1n) is 5.16. The second-order valence-electron chi connectivity index (χ2n) is 3.60. The van der Waals surface area contributed by atoms with Crippen molar-refractivity contribution in [2.24, 2.45) is 0 Å². The minimum atomic E-state index is -1.03. The summed E-state index contributed by atoms with van der Waals surface area (Å²) >= 11 is 3.40. The van der Waals surface area contributed by atoms with Crippen molar-refractivity contribution in [3.63, 3.8) is 0 Å². The number of para-hydroxylation sites is 1. The van der Waals surface area contributed by atoms with E-state index in [0.717, 1.165) is 10.2 Å². The maximum atomic E-state index is 10.8. The SMILES string of the molecule is Cc1nc(Nc2ccccc2Br)ncc1C(=O)O. The normalized spacial score (nSPS) is 10.1. The standard InChI is InChI=1S/C12H10BrN3O2/c1-7-8(11(17)18)6-14-12(15-7)16-10-5-3-2-4-9(10)13/h2-6H,1H3,(H,17,18)(H,14,15,16). The topological polar surface area (TPSA) is 75.1 Å². The maximum Gasteiger partial charge on any atom is 0.339 e. The number of carboxylic acids is 1. The largest absolute Gasteiger partial charge is 0.478 e. The number of carbonyl (C=O) groups is 1.